The highest BCUT2D eigenvalue weighted by Crippen LogP contribution is 2.33. The van der Waals surface area contributed by atoms with Crippen LogP contribution in [0.3, 0.4) is 0 Å². The Kier molecular flexibility index (Phi) is 4.98. The van der Waals surface area contributed by atoms with Crippen molar-refractivity contribution in [2.24, 2.45) is 5.92 Å². The van der Waals surface area contributed by atoms with Gasteiger partial charge in [0.05, 0.1) is 24.3 Å². The van der Waals surface area contributed by atoms with Gasteiger partial charge in [0.25, 0.3) is 0 Å². The Morgan fingerprint density at radius 1 is 1.38 bits per heavy atom. The molecule has 0 bridgehead atoms. The minimum Gasteiger partial charge on any atom is -0.466 e. The number of hydroxylamine groups is 1. The van der Waals surface area contributed by atoms with Crippen molar-refractivity contribution >= 4 is 5.97 Å². The number of nitrogens with zero attached hydrogens (tertiary/aromatic N) is 2. The van der Waals surface area contributed by atoms with Crippen molar-refractivity contribution < 1.29 is 14.7 Å². The van der Waals surface area contributed by atoms with Gasteiger partial charge in [0.1, 0.15) is 0 Å². The maximum Gasteiger partial charge on any atom is 0.309 e. The molecule has 0 saturated heterocycles. The molecule has 0 amide bonds. The lowest BCUT2D eigenvalue weighted by Gasteiger charge is -2.27. The molecule has 0 saturated carbocycles. The molecule has 1 aromatic carbocycles. The normalized spacial score (nSPS) is 20.3. The predicted molar refractivity (Wildman–Crippen MR) is 79.1 cm³/mol. The predicted octanol–water partition coefficient (Wildman–Crippen LogP) is 2.75. The van der Waals surface area contributed by atoms with Crippen molar-refractivity contribution in [2.75, 3.05) is 13.7 Å². The average molecular weight is 290 g/mol. The van der Waals surface area contributed by atoms with Crippen molar-refractivity contribution in [1.82, 2.24) is 10.2 Å². The molecular weight excluding hydrogens is 268 g/mol. The van der Waals surface area contributed by atoms with E-state index in [4.69, 9.17) is 4.74 Å². The molecule has 5 nitrogen and oxygen atoms in total. The summed E-state index contributed by atoms with van der Waals surface area (Å²) in [5.41, 5.74) is 1.81. The first-order chi connectivity index (χ1) is 10.0. The van der Waals surface area contributed by atoms with Gasteiger partial charge in [-0.3, -0.25) is 10.0 Å². The fourth-order valence-corrected chi connectivity index (χ4v) is 2.47. The zero-order valence-corrected chi connectivity index (χ0v) is 12.7. The Balaban J connectivity index is 2.11. The number of allylic oxidation sites excluding steroid dienone is 1. The SMILES string of the molecule is CCOC(=O)C(C)CC1=CC(c2ccccc2)N(C)N1O. The number of carbonyl (C=O) groups is 1. The van der Waals surface area contributed by atoms with Crippen LogP contribution in [0, 0.1) is 5.92 Å². The molecule has 1 heterocycles. The van der Waals surface area contributed by atoms with Gasteiger partial charge in [0.15, 0.2) is 0 Å². The van der Waals surface area contributed by atoms with Crippen LogP contribution in [0.2, 0.25) is 0 Å². The van der Waals surface area contributed by atoms with E-state index in [1.807, 2.05) is 50.4 Å². The smallest absolute Gasteiger partial charge is 0.309 e. The van der Waals surface area contributed by atoms with E-state index in [9.17, 15) is 10.0 Å². The molecule has 0 fully saturated rings. The topological polar surface area (TPSA) is 53.0 Å². The Morgan fingerprint density at radius 3 is 2.67 bits per heavy atom. The molecule has 2 unspecified atom stereocenters. The summed E-state index contributed by atoms with van der Waals surface area (Å²) in [4.78, 5) is 11.7. The molecule has 0 spiro atoms. The number of hydrogen-bond donors (Lipinski definition) is 1. The summed E-state index contributed by atoms with van der Waals surface area (Å²) in [6, 6.07) is 9.91. The highest BCUT2D eigenvalue weighted by molar-refractivity contribution is 5.72. The molecule has 0 aromatic heterocycles. The van der Waals surface area contributed by atoms with Crippen LogP contribution < -0.4 is 0 Å². The first kappa shape index (κ1) is 15.5. The number of benzene rings is 1. The number of hydrogen-bond acceptors (Lipinski definition) is 5. The van der Waals surface area contributed by atoms with E-state index in [1.165, 1.54) is 0 Å². The molecule has 0 aliphatic carbocycles. The molecule has 2 rings (SSSR count). The zero-order chi connectivity index (χ0) is 15.4. The van der Waals surface area contributed by atoms with E-state index in [0.717, 1.165) is 10.7 Å². The molecule has 1 aliphatic heterocycles. The van der Waals surface area contributed by atoms with Gasteiger partial charge in [-0.15, -0.1) is 0 Å². The Morgan fingerprint density at radius 2 is 2.05 bits per heavy atom. The average Bonchev–Trinajstić information content (AvgIpc) is 2.77. The summed E-state index contributed by atoms with van der Waals surface area (Å²) in [6.45, 7) is 3.97. The summed E-state index contributed by atoms with van der Waals surface area (Å²) in [5.74, 6) is -0.522. The number of hydrazine groups is 1. The molecule has 1 N–H and O–H groups in total. The van der Waals surface area contributed by atoms with Gasteiger partial charge in [0.2, 0.25) is 0 Å². The third kappa shape index (κ3) is 3.43. The Bertz CT molecular complexity index is 516. The van der Waals surface area contributed by atoms with E-state index >= 15 is 0 Å². The molecule has 21 heavy (non-hydrogen) atoms. The van der Waals surface area contributed by atoms with E-state index < -0.39 is 0 Å². The van der Waals surface area contributed by atoms with Gasteiger partial charge in [-0.25, -0.2) is 0 Å². The van der Waals surface area contributed by atoms with E-state index in [0.29, 0.717) is 18.7 Å². The van der Waals surface area contributed by atoms with Gasteiger partial charge in [-0.05, 0) is 18.6 Å². The monoisotopic (exact) mass is 290 g/mol. The molecule has 1 aromatic rings. The van der Waals surface area contributed by atoms with Gasteiger partial charge in [0, 0.05) is 13.5 Å². The van der Waals surface area contributed by atoms with Crippen molar-refractivity contribution in [2.45, 2.75) is 26.3 Å². The lowest BCUT2D eigenvalue weighted by Crippen LogP contribution is -2.33. The molecule has 0 radical (unpaired) electrons. The van der Waals surface area contributed by atoms with Crippen LogP contribution in [-0.4, -0.2) is 35.0 Å². The summed E-state index contributed by atoms with van der Waals surface area (Å²) in [7, 11) is 1.82. The molecule has 114 valence electrons. The second-order valence-electron chi connectivity index (χ2n) is 5.23. The van der Waals surface area contributed by atoms with Gasteiger partial charge < -0.3 is 4.74 Å². The summed E-state index contributed by atoms with van der Waals surface area (Å²) >= 11 is 0. The number of rotatable bonds is 5. The van der Waals surface area contributed by atoms with Crippen LogP contribution in [0.25, 0.3) is 0 Å². The van der Waals surface area contributed by atoms with E-state index in [2.05, 4.69) is 0 Å². The minimum atomic E-state index is -0.284. The minimum absolute atomic E-state index is 0.0272. The standard InChI is InChI=1S/C16H22N2O3/c1-4-21-16(19)12(2)10-14-11-15(17(3)18(14)20)13-8-6-5-7-9-13/h5-9,11-12,15,20H,4,10H2,1-3H3. The summed E-state index contributed by atoms with van der Waals surface area (Å²) in [5, 5.41) is 13.0. The fraction of sp³-hybridized carbons (Fsp3) is 0.438. The first-order valence-corrected chi connectivity index (χ1v) is 7.18. The first-order valence-electron chi connectivity index (χ1n) is 7.18. The third-order valence-electron chi connectivity index (χ3n) is 3.65. The van der Waals surface area contributed by atoms with Crippen molar-refractivity contribution in [3.8, 4) is 0 Å². The lowest BCUT2D eigenvalue weighted by atomic mass is 10.0. The number of esters is 1. The number of carbonyl (C=O) groups excluding carboxylic acids is 1. The van der Waals surface area contributed by atoms with E-state index in [1.54, 1.807) is 11.9 Å². The summed E-state index contributed by atoms with van der Waals surface area (Å²) in [6.07, 6.45) is 2.42. The maximum absolute atomic E-state index is 11.7. The van der Waals surface area contributed by atoms with Crippen LogP contribution in [0.15, 0.2) is 42.1 Å². The van der Waals surface area contributed by atoms with Gasteiger partial charge in [-0.1, -0.05) is 37.3 Å². The second-order valence-corrected chi connectivity index (χ2v) is 5.23. The molecular formula is C16H22N2O3. The largest absolute Gasteiger partial charge is 0.466 e. The molecule has 1 aliphatic rings. The van der Waals surface area contributed by atoms with Crippen LogP contribution in [0.5, 0.6) is 0 Å². The van der Waals surface area contributed by atoms with Crippen LogP contribution in [0.1, 0.15) is 31.9 Å². The maximum atomic E-state index is 11.7. The van der Waals surface area contributed by atoms with Crippen molar-refractivity contribution in [1.29, 1.82) is 0 Å². The number of likely N-dealkylation sites (N-methyl/N-ethyl adjacent to an activating group) is 1. The number of ether oxygens (including phenoxy) is 1. The van der Waals surface area contributed by atoms with E-state index in [-0.39, 0.29) is 17.9 Å². The van der Waals surface area contributed by atoms with Crippen molar-refractivity contribution in [3.05, 3.63) is 47.7 Å². The Labute approximate surface area is 125 Å². The molecule has 5 heteroatoms. The highest BCUT2D eigenvalue weighted by atomic mass is 16.6. The fourth-order valence-electron chi connectivity index (χ4n) is 2.47. The quantitative estimate of drug-likeness (QED) is 0.845. The van der Waals surface area contributed by atoms with Crippen LogP contribution in [-0.2, 0) is 9.53 Å². The van der Waals surface area contributed by atoms with Crippen LogP contribution in [0.4, 0.5) is 0 Å². The van der Waals surface area contributed by atoms with Crippen LogP contribution >= 0.6 is 0 Å². The van der Waals surface area contributed by atoms with Crippen molar-refractivity contribution in [3.63, 3.8) is 0 Å². The van der Waals surface area contributed by atoms with Gasteiger partial charge >= 0.3 is 5.97 Å². The molecule has 2 atom stereocenters. The second kappa shape index (κ2) is 6.74. The lowest BCUT2D eigenvalue weighted by molar-refractivity contribution is -0.206. The zero-order valence-electron chi connectivity index (χ0n) is 12.7. The highest BCUT2D eigenvalue weighted by Gasteiger charge is 2.31. The third-order valence-corrected chi connectivity index (χ3v) is 3.65. The Hall–Kier alpha value is -1.85. The van der Waals surface area contributed by atoms with Gasteiger partial charge in [-0.2, -0.15) is 10.2 Å². The summed E-state index contributed by atoms with van der Waals surface area (Å²) < 4.78 is 5.01.